The number of hydrogen-bond acceptors (Lipinski definition) is 2. The van der Waals surface area contributed by atoms with Crippen molar-refractivity contribution in [2.24, 2.45) is 17.6 Å². The van der Waals surface area contributed by atoms with Crippen LogP contribution in [-0.4, -0.2) is 29.9 Å². The summed E-state index contributed by atoms with van der Waals surface area (Å²) in [5.41, 5.74) is 5.96. The van der Waals surface area contributed by atoms with E-state index in [0.29, 0.717) is 5.92 Å². The van der Waals surface area contributed by atoms with E-state index in [2.05, 4.69) is 13.8 Å². The minimum atomic E-state index is 0.0868. The van der Waals surface area contributed by atoms with Gasteiger partial charge in [-0.3, -0.25) is 4.79 Å². The van der Waals surface area contributed by atoms with Gasteiger partial charge in [-0.05, 0) is 25.7 Å². The molecular weight excluding hydrogens is 188 g/mol. The van der Waals surface area contributed by atoms with Gasteiger partial charge in [-0.15, -0.1) is 0 Å². The number of carbonyl (C=O) groups is 1. The van der Waals surface area contributed by atoms with Crippen LogP contribution in [0.3, 0.4) is 0 Å². The molecule has 1 amide bonds. The van der Waals surface area contributed by atoms with Gasteiger partial charge in [0.05, 0.1) is 5.92 Å². The van der Waals surface area contributed by atoms with Crippen molar-refractivity contribution in [2.75, 3.05) is 13.1 Å². The van der Waals surface area contributed by atoms with Gasteiger partial charge in [0.1, 0.15) is 0 Å². The summed E-state index contributed by atoms with van der Waals surface area (Å²) in [5, 5.41) is 0. The summed E-state index contributed by atoms with van der Waals surface area (Å²) < 4.78 is 0. The molecular formula is C12H24N2O. The Kier molecular flexibility index (Phi) is 4.58. The standard InChI is InChI=1S/C12H24N2O/c1-4-14(8-9(2)3)12(15)10-6-5-7-11(10)13/h9-11H,4-8,13H2,1-3H3. The second kappa shape index (κ2) is 5.50. The Hall–Kier alpha value is -0.570. The Morgan fingerprint density at radius 2 is 2.13 bits per heavy atom. The topological polar surface area (TPSA) is 46.3 Å². The van der Waals surface area contributed by atoms with Crippen molar-refractivity contribution in [2.45, 2.75) is 46.1 Å². The van der Waals surface area contributed by atoms with Crippen molar-refractivity contribution < 1.29 is 4.79 Å². The number of hydrogen-bond donors (Lipinski definition) is 1. The van der Waals surface area contributed by atoms with Gasteiger partial charge in [0, 0.05) is 19.1 Å². The maximum Gasteiger partial charge on any atom is 0.227 e. The minimum Gasteiger partial charge on any atom is -0.342 e. The van der Waals surface area contributed by atoms with E-state index in [9.17, 15) is 4.79 Å². The van der Waals surface area contributed by atoms with E-state index >= 15 is 0 Å². The van der Waals surface area contributed by atoms with Crippen molar-refractivity contribution in [3.05, 3.63) is 0 Å². The molecule has 0 aromatic rings. The fraction of sp³-hybridized carbons (Fsp3) is 0.917. The summed E-state index contributed by atoms with van der Waals surface area (Å²) in [4.78, 5) is 14.1. The van der Waals surface area contributed by atoms with E-state index in [1.165, 1.54) is 0 Å². The quantitative estimate of drug-likeness (QED) is 0.769. The third-order valence-corrected chi connectivity index (χ3v) is 3.17. The van der Waals surface area contributed by atoms with Crippen molar-refractivity contribution >= 4 is 5.91 Å². The number of nitrogens with zero attached hydrogens (tertiary/aromatic N) is 1. The number of amides is 1. The molecule has 1 saturated carbocycles. The highest BCUT2D eigenvalue weighted by Gasteiger charge is 2.32. The Morgan fingerprint density at radius 3 is 2.53 bits per heavy atom. The van der Waals surface area contributed by atoms with Gasteiger partial charge < -0.3 is 10.6 Å². The molecule has 88 valence electrons. The first-order valence-corrected chi connectivity index (χ1v) is 6.10. The Bertz CT molecular complexity index is 216. The van der Waals surface area contributed by atoms with E-state index < -0.39 is 0 Å². The molecule has 0 aromatic heterocycles. The molecule has 1 aliphatic rings. The molecule has 1 aliphatic carbocycles. The predicted molar refractivity (Wildman–Crippen MR) is 62.4 cm³/mol. The summed E-state index contributed by atoms with van der Waals surface area (Å²) >= 11 is 0. The summed E-state index contributed by atoms with van der Waals surface area (Å²) in [6.07, 6.45) is 3.10. The number of nitrogens with two attached hydrogens (primary N) is 1. The fourth-order valence-corrected chi connectivity index (χ4v) is 2.35. The normalized spacial score (nSPS) is 25.9. The van der Waals surface area contributed by atoms with Crippen LogP contribution < -0.4 is 5.73 Å². The number of carbonyl (C=O) groups excluding carboxylic acids is 1. The molecule has 1 fully saturated rings. The smallest absolute Gasteiger partial charge is 0.227 e. The van der Waals surface area contributed by atoms with E-state index in [-0.39, 0.29) is 17.9 Å². The highest BCUT2D eigenvalue weighted by atomic mass is 16.2. The lowest BCUT2D eigenvalue weighted by atomic mass is 10.0. The third kappa shape index (κ3) is 3.20. The van der Waals surface area contributed by atoms with Gasteiger partial charge in [0.15, 0.2) is 0 Å². The molecule has 0 heterocycles. The van der Waals surface area contributed by atoms with Crippen molar-refractivity contribution in [3.8, 4) is 0 Å². The lowest BCUT2D eigenvalue weighted by Crippen LogP contribution is -2.43. The number of rotatable bonds is 4. The van der Waals surface area contributed by atoms with Crippen LogP contribution in [0.1, 0.15) is 40.0 Å². The third-order valence-electron chi connectivity index (χ3n) is 3.17. The molecule has 2 N–H and O–H groups in total. The molecule has 0 aromatic carbocycles. The van der Waals surface area contributed by atoms with Gasteiger partial charge >= 0.3 is 0 Å². The Labute approximate surface area is 93.0 Å². The van der Waals surface area contributed by atoms with Crippen LogP contribution >= 0.6 is 0 Å². The predicted octanol–water partition coefficient (Wildman–Crippen LogP) is 1.62. The second-order valence-corrected chi connectivity index (χ2v) is 4.97. The van der Waals surface area contributed by atoms with Gasteiger partial charge in [0.2, 0.25) is 5.91 Å². The Balaban J connectivity index is 2.55. The van der Waals surface area contributed by atoms with Crippen LogP contribution in [-0.2, 0) is 4.79 Å². The molecule has 2 atom stereocenters. The fourth-order valence-electron chi connectivity index (χ4n) is 2.35. The molecule has 2 unspecified atom stereocenters. The van der Waals surface area contributed by atoms with Crippen molar-refractivity contribution in [1.29, 1.82) is 0 Å². The van der Waals surface area contributed by atoms with E-state index in [1.54, 1.807) is 0 Å². The average molecular weight is 212 g/mol. The zero-order valence-electron chi connectivity index (χ0n) is 10.2. The van der Waals surface area contributed by atoms with Gasteiger partial charge in [-0.1, -0.05) is 20.3 Å². The molecule has 0 spiro atoms. The zero-order valence-corrected chi connectivity index (χ0v) is 10.2. The van der Waals surface area contributed by atoms with Crippen LogP contribution in [0.2, 0.25) is 0 Å². The van der Waals surface area contributed by atoms with Gasteiger partial charge in [-0.25, -0.2) is 0 Å². The molecule has 0 saturated heterocycles. The van der Waals surface area contributed by atoms with E-state index in [4.69, 9.17) is 5.73 Å². The molecule has 0 bridgehead atoms. The highest BCUT2D eigenvalue weighted by Crippen LogP contribution is 2.26. The van der Waals surface area contributed by atoms with Gasteiger partial charge in [0.25, 0.3) is 0 Å². The van der Waals surface area contributed by atoms with Crippen LogP contribution in [0.15, 0.2) is 0 Å². The van der Waals surface area contributed by atoms with Crippen LogP contribution in [0.4, 0.5) is 0 Å². The molecule has 3 nitrogen and oxygen atoms in total. The molecule has 15 heavy (non-hydrogen) atoms. The highest BCUT2D eigenvalue weighted by molar-refractivity contribution is 5.79. The minimum absolute atomic E-state index is 0.0868. The first kappa shape index (κ1) is 12.5. The lowest BCUT2D eigenvalue weighted by Gasteiger charge is -2.27. The van der Waals surface area contributed by atoms with Gasteiger partial charge in [-0.2, -0.15) is 0 Å². The first-order valence-electron chi connectivity index (χ1n) is 6.10. The second-order valence-electron chi connectivity index (χ2n) is 4.97. The SMILES string of the molecule is CCN(CC(C)C)C(=O)C1CCCC1N. The van der Waals surface area contributed by atoms with Crippen LogP contribution in [0, 0.1) is 11.8 Å². The monoisotopic (exact) mass is 212 g/mol. The summed E-state index contributed by atoms with van der Waals surface area (Å²) in [6.45, 7) is 7.99. The summed E-state index contributed by atoms with van der Waals surface area (Å²) in [6, 6.07) is 0.0960. The van der Waals surface area contributed by atoms with Crippen LogP contribution in [0.25, 0.3) is 0 Å². The summed E-state index contributed by atoms with van der Waals surface area (Å²) in [5.74, 6) is 0.895. The maximum absolute atomic E-state index is 12.2. The molecule has 3 heteroatoms. The maximum atomic E-state index is 12.2. The van der Waals surface area contributed by atoms with E-state index in [0.717, 1.165) is 32.4 Å². The molecule has 0 radical (unpaired) electrons. The zero-order chi connectivity index (χ0) is 11.4. The Morgan fingerprint density at radius 1 is 1.47 bits per heavy atom. The van der Waals surface area contributed by atoms with Crippen molar-refractivity contribution in [3.63, 3.8) is 0 Å². The van der Waals surface area contributed by atoms with Crippen LogP contribution in [0.5, 0.6) is 0 Å². The van der Waals surface area contributed by atoms with E-state index in [1.807, 2.05) is 11.8 Å². The molecule has 1 rings (SSSR count). The largest absolute Gasteiger partial charge is 0.342 e. The average Bonchev–Trinajstić information content (AvgIpc) is 2.59. The molecule has 0 aliphatic heterocycles. The lowest BCUT2D eigenvalue weighted by molar-refractivity contribution is -0.136. The summed E-state index contributed by atoms with van der Waals surface area (Å²) in [7, 11) is 0. The van der Waals surface area contributed by atoms with Crippen molar-refractivity contribution in [1.82, 2.24) is 4.90 Å². The first-order chi connectivity index (χ1) is 7.06.